The van der Waals surface area contributed by atoms with Gasteiger partial charge in [-0.25, -0.2) is 13.6 Å². The maximum absolute atomic E-state index is 14.5. The highest BCUT2D eigenvalue weighted by Crippen LogP contribution is 2.52. The van der Waals surface area contributed by atoms with Gasteiger partial charge < -0.3 is 14.9 Å². The predicted molar refractivity (Wildman–Crippen MR) is 156 cm³/mol. The minimum Gasteiger partial charge on any atom is -0.480 e. The number of carboxylic acids is 1. The third-order valence-electron chi connectivity index (χ3n) is 7.84. The summed E-state index contributed by atoms with van der Waals surface area (Å²) in [7, 11) is 3.75. The lowest BCUT2D eigenvalue weighted by molar-refractivity contribution is -0.142. The highest BCUT2D eigenvalue weighted by molar-refractivity contribution is 6.03. The zero-order valence-corrected chi connectivity index (χ0v) is 23.4. The Morgan fingerprint density at radius 3 is 1.98 bits per heavy atom. The van der Waals surface area contributed by atoms with E-state index in [2.05, 4.69) is 0 Å². The van der Waals surface area contributed by atoms with Crippen LogP contribution in [0.5, 0.6) is 0 Å². The van der Waals surface area contributed by atoms with E-state index in [-0.39, 0.29) is 11.3 Å². The largest absolute Gasteiger partial charge is 0.480 e. The van der Waals surface area contributed by atoms with Gasteiger partial charge >= 0.3 is 5.97 Å². The van der Waals surface area contributed by atoms with Crippen LogP contribution >= 0.6 is 0 Å². The van der Waals surface area contributed by atoms with Gasteiger partial charge in [0.15, 0.2) is 5.78 Å². The van der Waals surface area contributed by atoms with Crippen molar-refractivity contribution in [2.24, 2.45) is 5.92 Å². The maximum Gasteiger partial charge on any atom is 0.327 e. The van der Waals surface area contributed by atoms with Gasteiger partial charge in [-0.15, -0.1) is 0 Å². The number of amides is 1. The number of benzene rings is 4. The van der Waals surface area contributed by atoms with Crippen LogP contribution in [0.3, 0.4) is 0 Å². The molecule has 0 aromatic heterocycles. The van der Waals surface area contributed by atoms with E-state index in [1.165, 1.54) is 47.4 Å². The number of carboxylic acid groups (broad SMARTS) is 1. The first-order valence-corrected chi connectivity index (χ1v) is 13.5. The Hall–Kier alpha value is -4.85. The average molecular weight is 569 g/mol. The van der Waals surface area contributed by atoms with Crippen molar-refractivity contribution in [3.8, 4) is 0 Å². The van der Waals surface area contributed by atoms with Gasteiger partial charge in [0.05, 0.1) is 12.0 Å². The minimum atomic E-state index is -1.51. The Morgan fingerprint density at radius 2 is 1.38 bits per heavy atom. The Labute approximate surface area is 242 Å². The van der Waals surface area contributed by atoms with Crippen LogP contribution in [0.2, 0.25) is 0 Å². The first-order chi connectivity index (χ1) is 20.1. The summed E-state index contributed by atoms with van der Waals surface area (Å²) < 4.78 is 28.3. The van der Waals surface area contributed by atoms with Crippen molar-refractivity contribution in [2.75, 3.05) is 19.0 Å². The normalized spacial score (nSPS) is 19.9. The van der Waals surface area contributed by atoms with Crippen molar-refractivity contribution in [2.45, 2.75) is 24.9 Å². The molecule has 1 heterocycles. The monoisotopic (exact) mass is 568 g/mol. The summed E-state index contributed by atoms with van der Waals surface area (Å²) in [5.41, 5.74) is 2.98. The number of likely N-dealkylation sites (tertiary alicyclic amines) is 1. The van der Waals surface area contributed by atoms with Gasteiger partial charge in [0.25, 0.3) is 5.91 Å². The van der Waals surface area contributed by atoms with E-state index >= 15 is 0 Å². The predicted octanol–water partition coefficient (Wildman–Crippen LogP) is 6.27. The molecule has 6 nitrogen and oxygen atoms in total. The van der Waals surface area contributed by atoms with Crippen LogP contribution in [0.4, 0.5) is 14.5 Å². The number of anilines is 1. The highest BCUT2D eigenvalue weighted by atomic mass is 19.1. The fourth-order valence-electron chi connectivity index (χ4n) is 5.92. The molecule has 214 valence electrons. The summed E-state index contributed by atoms with van der Waals surface area (Å²) >= 11 is 0. The summed E-state index contributed by atoms with van der Waals surface area (Å²) in [6.45, 7) is 1.85. The fraction of sp³-hybridized carbons (Fsp3) is 0.206. The number of aryl methyl sites for hydroxylation is 1. The minimum absolute atomic E-state index is 0.0438. The van der Waals surface area contributed by atoms with E-state index in [0.717, 1.165) is 17.3 Å². The van der Waals surface area contributed by atoms with Gasteiger partial charge in [-0.05, 0) is 66.6 Å². The molecule has 5 rings (SSSR count). The molecule has 0 aliphatic carbocycles. The zero-order chi connectivity index (χ0) is 30.1. The number of hydrogen-bond donors (Lipinski definition) is 1. The van der Waals surface area contributed by atoms with Crippen LogP contribution in [0, 0.1) is 24.5 Å². The van der Waals surface area contributed by atoms with Gasteiger partial charge in [-0.3, -0.25) is 9.59 Å². The van der Waals surface area contributed by atoms with Crippen LogP contribution in [-0.4, -0.2) is 47.8 Å². The number of nitrogens with zero attached hydrogens (tertiary/aromatic N) is 2. The molecule has 1 aliphatic heterocycles. The lowest BCUT2D eigenvalue weighted by atomic mass is 9.76. The van der Waals surface area contributed by atoms with Crippen molar-refractivity contribution in [3.05, 3.63) is 137 Å². The molecule has 0 spiro atoms. The second-order valence-electron chi connectivity index (χ2n) is 10.8. The molecular weight excluding hydrogens is 538 g/mol. The van der Waals surface area contributed by atoms with Crippen LogP contribution in [0.25, 0.3) is 0 Å². The van der Waals surface area contributed by atoms with Gasteiger partial charge in [0.1, 0.15) is 17.7 Å². The van der Waals surface area contributed by atoms with Crippen LogP contribution in [-0.2, 0) is 4.79 Å². The molecule has 1 aliphatic rings. The molecule has 4 aromatic rings. The lowest BCUT2D eigenvalue weighted by Gasteiger charge is -2.31. The van der Waals surface area contributed by atoms with Crippen molar-refractivity contribution >= 4 is 23.3 Å². The lowest BCUT2D eigenvalue weighted by Crippen LogP contribution is -2.43. The molecule has 8 heteroatoms. The second kappa shape index (κ2) is 11.6. The molecule has 4 unspecified atom stereocenters. The number of carbonyl (C=O) groups is 3. The molecule has 1 fully saturated rings. The van der Waals surface area contributed by atoms with Gasteiger partial charge in [-0.1, -0.05) is 54.1 Å². The summed E-state index contributed by atoms with van der Waals surface area (Å²) in [5, 5.41) is 10.7. The summed E-state index contributed by atoms with van der Waals surface area (Å²) in [4.78, 5) is 44.8. The van der Waals surface area contributed by atoms with E-state index in [4.69, 9.17) is 0 Å². The molecule has 4 aromatic carbocycles. The number of carbonyl (C=O) groups excluding carboxylic acids is 2. The van der Waals surface area contributed by atoms with Gasteiger partial charge in [0.2, 0.25) is 0 Å². The summed E-state index contributed by atoms with van der Waals surface area (Å²) in [5.74, 6) is -5.67. The van der Waals surface area contributed by atoms with E-state index in [1.54, 1.807) is 30.3 Å². The van der Waals surface area contributed by atoms with E-state index in [9.17, 15) is 28.3 Å². The Bertz CT molecular complexity index is 1640. The fourth-order valence-corrected chi connectivity index (χ4v) is 5.92. The maximum atomic E-state index is 14.5. The van der Waals surface area contributed by atoms with Crippen molar-refractivity contribution in [1.29, 1.82) is 0 Å². The standard InChI is InChI=1S/C34H30F2N2O4/c1-20-6-4-7-23(18-20)32(39)29-28(21-10-14-25(35)15-11-21)31(34(41)42)38(33(40)24-8-5-9-26(36)19-24)30(29)22-12-16-27(17-13-22)37(2)3/h4-19,28-31H,1-3H3,(H,41,42). The SMILES string of the molecule is Cc1cccc(C(=O)C2C(c3ccc(F)cc3)C(C(=O)O)N(C(=O)c3cccc(F)c3)C2c2ccc(N(C)C)cc2)c1. The number of aliphatic carboxylic acids is 1. The number of halogens is 2. The molecule has 0 bridgehead atoms. The summed E-state index contributed by atoms with van der Waals surface area (Å²) in [6, 6.07) is 22.0. The van der Waals surface area contributed by atoms with Crippen molar-refractivity contribution < 1.29 is 28.3 Å². The number of ketones is 1. The zero-order valence-electron chi connectivity index (χ0n) is 23.4. The third kappa shape index (κ3) is 5.40. The molecule has 0 radical (unpaired) electrons. The van der Waals surface area contributed by atoms with Gasteiger partial charge in [-0.2, -0.15) is 0 Å². The molecule has 0 saturated carbocycles. The first-order valence-electron chi connectivity index (χ1n) is 13.5. The molecule has 42 heavy (non-hydrogen) atoms. The van der Waals surface area contributed by atoms with Crippen LogP contribution < -0.4 is 4.90 Å². The Kier molecular flexibility index (Phi) is 7.89. The third-order valence-corrected chi connectivity index (χ3v) is 7.84. The number of rotatable bonds is 7. The van der Waals surface area contributed by atoms with Gasteiger partial charge in [0, 0.05) is 36.8 Å². The van der Waals surface area contributed by atoms with Crippen molar-refractivity contribution in [1.82, 2.24) is 4.90 Å². The van der Waals surface area contributed by atoms with Crippen molar-refractivity contribution in [3.63, 3.8) is 0 Å². The van der Waals surface area contributed by atoms with E-state index < -0.39 is 47.4 Å². The topological polar surface area (TPSA) is 77.9 Å². The quantitative estimate of drug-likeness (QED) is 0.266. The van der Waals surface area contributed by atoms with Crippen LogP contribution in [0.15, 0.2) is 97.1 Å². The molecule has 1 saturated heterocycles. The second-order valence-corrected chi connectivity index (χ2v) is 10.8. The first kappa shape index (κ1) is 28.7. The van der Waals surface area contributed by atoms with E-state index in [1.807, 2.05) is 44.1 Å². The Balaban J connectivity index is 1.78. The smallest absolute Gasteiger partial charge is 0.327 e. The highest BCUT2D eigenvalue weighted by Gasteiger charge is 2.57. The van der Waals surface area contributed by atoms with E-state index in [0.29, 0.717) is 16.7 Å². The Morgan fingerprint density at radius 1 is 0.762 bits per heavy atom. The number of hydrogen-bond acceptors (Lipinski definition) is 4. The van der Waals surface area contributed by atoms with Crippen LogP contribution in [0.1, 0.15) is 49.4 Å². The molecule has 1 N–H and O–H groups in total. The summed E-state index contributed by atoms with van der Waals surface area (Å²) in [6.07, 6.45) is 0. The molecule has 1 amide bonds. The molecular formula is C34H30F2N2O4. The molecule has 4 atom stereocenters. The average Bonchev–Trinajstić information content (AvgIpc) is 3.33. The number of Topliss-reactive ketones (excluding diaryl/α,β-unsaturated/α-hetero) is 1.